The maximum atomic E-state index is 12.3. The summed E-state index contributed by atoms with van der Waals surface area (Å²) >= 11 is 0. The summed E-state index contributed by atoms with van der Waals surface area (Å²) in [5.74, 6) is -0.938. The summed E-state index contributed by atoms with van der Waals surface area (Å²) in [6.07, 6.45) is 1.28. The zero-order valence-electron chi connectivity index (χ0n) is 35.8. The predicted molar refractivity (Wildman–Crippen MR) is 222 cm³/mol. The molecular formula is C36H48CaN10O16P2. The maximum Gasteiger partial charge on any atom is 0.472 e. The Morgan fingerprint density at radius 3 is 1.40 bits per heavy atom. The molecule has 4 fully saturated rings. The first-order valence-electron chi connectivity index (χ1n) is 20.6. The summed E-state index contributed by atoms with van der Waals surface area (Å²) in [6, 6.07) is 0. The second-order valence-corrected chi connectivity index (χ2v) is 17.7. The average molecular weight is 979 g/mol. The summed E-state index contributed by atoms with van der Waals surface area (Å²) in [5, 5.41) is 5.41. The van der Waals surface area contributed by atoms with Crippen LogP contribution in [0.15, 0.2) is 25.3 Å². The van der Waals surface area contributed by atoms with Crippen LogP contribution in [0, 0.1) is 0 Å². The summed E-state index contributed by atoms with van der Waals surface area (Å²) in [5.41, 5.74) is 1.28. The number of rotatable bonds is 14. The monoisotopic (exact) mass is 978 g/mol. The number of carbonyl (C=O) groups excluding carboxylic acids is 4. The van der Waals surface area contributed by atoms with Gasteiger partial charge in [0.15, 0.2) is 58.6 Å². The van der Waals surface area contributed by atoms with Gasteiger partial charge in [0.05, 0.1) is 25.9 Å². The van der Waals surface area contributed by atoms with Crippen LogP contribution >= 0.6 is 15.6 Å². The third-order valence-electron chi connectivity index (χ3n) is 10.1. The second-order valence-electron chi connectivity index (χ2n) is 14.9. The van der Waals surface area contributed by atoms with Gasteiger partial charge in [-0.1, -0.05) is 27.7 Å². The smallest absolute Gasteiger partial charge is 0.455 e. The van der Waals surface area contributed by atoms with Gasteiger partial charge in [0.25, 0.3) is 0 Å². The van der Waals surface area contributed by atoms with E-state index in [9.17, 15) is 38.1 Å². The second kappa shape index (κ2) is 22.0. The van der Waals surface area contributed by atoms with Gasteiger partial charge in [0.2, 0.25) is 11.8 Å². The molecule has 65 heavy (non-hydrogen) atoms. The van der Waals surface area contributed by atoms with Gasteiger partial charge in [0.1, 0.15) is 37.1 Å². The van der Waals surface area contributed by atoms with Crippen molar-refractivity contribution >= 4 is 111 Å². The maximum absolute atomic E-state index is 12.3. The van der Waals surface area contributed by atoms with E-state index in [1.165, 1.54) is 34.4 Å². The van der Waals surface area contributed by atoms with E-state index in [4.69, 9.17) is 37.0 Å². The van der Waals surface area contributed by atoms with E-state index in [0.717, 1.165) is 0 Å². The van der Waals surface area contributed by atoms with E-state index in [2.05, 4.69) is 40.5 Å². The minimum atomic E-state index is -4.30. The molecule has 4 aliphatic heterocycles. The van der Waals surface area contributed by atoms with Gasteiger partial charge < -0.3 is 39.4 Å². The zero-order chi connectivity index (χ0) is 45.8. The van der Waals surface area contributed by atoms with E-state index in [-0.39, 0.29) is 87.2 Å². The summed E-state index contributed by atoms with van der Waals surface area (Å²) in [7, 11) is -8.61. The normalized spacial score (nSPS) is 29.1. The first-order valence-corrected chi connectivity index (χ1v) is 23.6. The fraction of sp³-hybridized carbons (Fsp3) is 0.611. The number of hydrogen-bond donors (Lipinski definition) is 4. The van der Waals surface area contributed by atoms with Crippen molar-refractivity contribution in [1.29, 1.82) is 0 Å². The molecule has 29 heteroatoms. The van der Waals surface area contributed by atoms with Gasteiger partial charge >= 0.3 is 27.6 Å². The number of imidazole rings is 2. The molecule has 2 amide bonds. The molecule has 8 rings (SSSR count). The van der Waals surface area contributed by atoms with E-state index in [1.807, 2.05) is 27.7 Å². The van der Waals surface area contributed by atoms with Gasteiger partial charge in [-0.3, -0.25) is 46.4 Å². The molecule has 26 nitrogen and oxygen atoms in total. The van der Waals surface area contributed by atoms with Gasteiger partial charge in [-0.15, -0.1) is 0 Å². The molecule has 4 aromatic rings. The van der Waals surface area contributed by atoms with Gasteiger partial charge in [-0.2, -0.15) is 0 Å². The van der Waals surface area contributed by atoms with Crippen LogP contribution in [0.5, 0.6) is 0 Å². The van der Waals surface area contributed by atoms with Crippen molar-refractivity contribution in [2.75, 3.05) is 23.8 Å². The molecule has 0 spiro atoms. The number of esters is 2. The molecule has 0 bridgehead atoms. The molecule has 2 unspecified atom stereocenters. The number of fused-ring (bicyclic) bond motifs is 4. The topological polar surface area (TPSA) is 328 Å². The molecule has 0 aliphatic carbocycles. The van der Waals surface area contributed by atoms with Gasteiger partial charge in [0, 0.05) is 63.4 Å². The molecule has 4 N–H and O–H groups in total. The van der Waals surface area contributed by atoms with Crippen molar-refractivity contribution in [2.45, 2.75) is 128 Å². The Morgan fingerprint density at radius 2 is 1.03 bits per heavy atom. The van der Waals surface area contributed by atoms with Crippen molar-refractivity contribution < 1.29 is 75.1 Å². The predicted octanol–water partition coefficient (Wildman–Crippen LogP) is 3.00. The standard InChI is InChI=1S/2C18H24N5O8P.Ca/c2*1-3-5-11(24)22-16-13-17(20-8-19-16)23(9-21-13)18-15(30-12(25)6-4-2)14-10(29-18)7-28-32(26,27)31-14;/h2*8-10,14-15,18H,3-7H2,1-2H3,(H,26,27)(H,19,20,22,24);/t2*10-,14-,15-,18-;/m11./s1. The number of phosphoric ester groups is 2. The minimum Gasteiger partial charge on any atom is -0.455 e. The summed E-state index contributed by atoms with van der Waals surface area (Å²) < 4.78 is 70.2. The largest absolute Gasteiger partial charge is 0.472 e. The van der Waals surface area contributed by atoms with Crippen molar-refractivity contribution in [1.82, 2.24) is 39.0 Å². The van der Waals surface area contributed by atoms with E-state index in [0.29, 0.717) is 60.9 Å². The van der Waals surface area contributed by atoms with Crippen LogP contribution in [0.4, 0.5) is 11.6 Å². The number of phosphoric acid groups is 2. The van der Waals surface area contributed by atoms with Crippen LogP contribution in [0.3, 0.4) is 0 Å². The Bertz CT molecular complexity index is 2300. The molecular weight excluding hydrogens is 930 g/mol. The van der Waals surface area contributed by atoms with Crippen molar-refractivity contribution in [2.24, 2.45) is 0 Å². The van der Waals surface area contributed by atoms with Crippen molar-refractivity contribution in [3.8, 4) is 0 Å². The average Bonchev–Trinajstić information content (AvgIpc) is 4.02. The molecule has 0 saturated carbocycles. The molecule has 4 aliphatic rings. The van der Waals surface area contributed by atoms with E-state index < -0.39 is 76.7 Å². The first kappa shape index (κ1) is 50.8. The number of hydrogen-bond acceptors (Lipinski definition) is 20. The van der Waals surface area contributed by atoms with Crippen LogP contribution in [0.2, 0.25) is 0 Å². The molecule has 2 radical (unpaired) electrons. The zero-order valence-corrected chi connectivity index (χ0v) is 39.8. The van der Waals surface area contributed by atoms with Crippen LogP contribution in [-0.4, -0.2) is 160 Å². The van der Waals surface area contributed by atoms with Crippen molar-refractivity contribution in [3.63, 3.8) is 0 Å². The molecule has 0 aromatic carbocycles. The summed E-state index contributed by atoms with van der Waals surface area (Å²) in [4.78, 5) is 93.3. The van der Waals surface area contributed by atoms with E-state index in [1.54, 1.807) is 0 Å². The van der Waals surface area contributed by atoms with Crippen LogP contribution < -0.4 is 10.6 Å². The Hall–Kier alpha value is -3.62. The van der Waals surface area contributed by atoms with Crippen LogP contribution in [0.25, 0.3) is 22.3 Å². The molecule has 10 atom stereocenters. The molecule has 8 heterocycles. The first-order chi connectivity index (χ1) is 30.6. The molecule has 4 saturated heterocycles. The number of aromatic nitrogens is 8. The minimum absolute atomic E-state index is 0. The summed E-state index contributed by atoms with van der Waals surface area (Å²) in [6.45, 7) is 7.01. The molecule has 4 aromatic heterocycles. The van der Waals surface area contributed by atoms with Crippen LogP contribution in [0.1, 0.15) is 91.5 Å². The quantitative estimate of drug-likeness (QED) is 0.0801. The van der Waals surface area contributed by atoms with Crippen molar-refractivity contribution in [3.05, 3.63) is 25.3 Å². The fourth-order valence-corrected chi connectivity index (χ4v) is 9.19. The number of carbonyl (C=O) groups is 4. The number of amides is 2. The Morgan fingerprint density at radius 1 is 0.646 bits per heavy atom. The number of nitrogens with zero attached hydrogens (tertiary/aromatic N) is 8. The number of nitrogens with one attached hydrogen (secondary N) is 2. The fourth-order valence-electron chi connectivity index (χ4n) is 7.27. The van der Waals surface area contributed by atoms with E-state index >= 15 is 0 Å². The number of anilines is 2. The van der Waals surface area contributed by atoms with Gasteiger partial charge in [-0.25, -0.2) is 39.0 Å². The Balaban J connectivity index is 0.000000212. The third-order valence-corrected chi connectivity index (χ3v) is 12.0. The Kier molecular flexibility index (Phi) is 17.2. The molecule has 350 valence electrons. The SMILES string of the molecule is CCCC(=O)Nc1ncnc2c1ncn2[C@@H]1O[C@@H]2COP(=O)(O)O[C@H]2[C@H]1OC(=O)CCC.CCCC(=O)Nc1ncnc2c1ncn2[C@@H]1O[C@@H]2COP(=O)(O)O[C@H]2[C@H]1OC(=O)CCC.[Ca]. The number of ether oxygens (including phenoxy) is 4. The van der Waals surface area contributed by atoms with Crippen LogP contribution in [-0.2, 0) is 65.4 Å². The van der Waals surface area contributed by atoms with Gasteiger partial charge in [-0.05, 0) is 25.7 Å². The third kappa shape index (κ3) is 11.7. The Labute approximate surface area is 400 Å².